The maximum Gasteiger partial charge on any atom is 0.0483 e. The van der Waals surface area contributed by atoms with E-state index in [9.17, 15) is 0 Å². The molecule has 0 saturated carbocycles. The van der Waals surface area contributed by atoms with Crippen molar-refractivity contribution >= 4 is 27.4 Å². The second-order valence-electron chi connectivity index (χ2n) is 15.6. The molecule has 0 N–H and O–H groups in total. The van der Waals surface area contributed by atoms with E-state index in [4.69, 9.17) is 4.98 Å². The zero-order valence-corrected chi connectivity index (χ0v) is 31.5. The number of pyridine rings is 2. The maximum atomic E-state index is 5.01. The SMILES string of the molecule is CC(=CC1CN(CCc2ccc(CCC3CN(C)Cc4c3n(C)c3ccc(C)cc43)cn2)Cc2c1n(C)c1ccc(C)cc21)c1ccc(C)nc1. The number of likely N-dealkylation sites (N-methyl/N-ethyl adjacent to an activating group) is 1. The summed E-state index contributed by atoms with van der Waals surface area (Å²) in [6.07, 6.45) is 9.75. The molecule has 6 heterocycles. The number of fused-ring (bicyclic) bond motifs is 6. The van der Waals surface area contributed by atoms with E-state index in [2.05, 4.69) is 139 Å². The second-order valence-corrected chi connectivity index (χ2v) is 15.6. The minimum Gasteiger partial charge on any atom is -0.347 e. The predicted octanol–water partition coefficient (Wildman–Crippen LogP) is 8.79. The van der Waals surface area contributed by atoms with Crippen LogP contribution < -0.4 is 0 Å². The summed E-state index contributed by atoms with van der Waals surface area (Å²) >= 11 is 0. The number of nitrogens with zero attached hydrogens (tertiary/aromatic N) is 6. The lowest BCUT2D eigenvalue weighted by molar-refractivity contribution is 0.243. The summed E-state index contributed by atoms with van der Waals surface area (Å²) in [5, 5.41) is 2.82. The van der Waals surface area contributed by atoms with Crippen LogP contribution in [-0.4, -0.2) is 55.6 Å². The first kappa shape index (κ1) is 33.6. The Balaban J connectivity index is 0.975. The third kappa shape index (κ3) is 6.45. The molecule has 0 radical (unpaired) electrons. The third-order valence-electron chi connectivity index (χ3n) is 11.7. The molecule has 0 bridgehead atoms. The Hall–Kier alpha value is -4.52. The van der Waals surface area contributed by atoms with E-state index in [1.807, 2.05) is 13.1 Å². The first-order valence-electron chi connectivity index (χ1n) is 18.7. The monoisotopic (exact) mass is 676 g/mol. The molecule has 6 heteroatoms. The van der Waals surface area contributed by atoms with Crippen LogP contribution in [0.5, 0.6) is 0 Å². The van der Waals surface area contributed by atoms with Gasteiger partial charge in [-0.3, -0.25) is 14.9 Å². The Bertz CT molecular complexity index is 2250. The molecule has 4 aromatic heterocycles. The van der Waals surface area contributed by atoms with Gasteiger partial charge in [0.1, 0.15) is 0 Å². The lowest BCUT2D eigenvalue weighted by atomic mass is 9.90. The lowest BCUT2D eigenvalue weighted by Crippen LogP contribution is -2.35. The molecule has 2 atom stereocenters. The van der Waals surface area contributed by atoms with Crippen LogP contribution in [0.1, 0.15) is 81.3 Å². The van der Waals surface area contributed by atoms with Crippen LogP contribution >= 0.6 is 0 Å². The van der Waals surface area contributed by atoms with Gasteiger partial charge in [-0.1, -0.05) is 41.5 Å². The van der Waals surface area contributed by atoms with Crippen molar-refractivity contribution in [1.29, 1.82) is 0 Å². The Kier molecular flexibility index (Phi) is 8.93. The minimum atomic E-state index is 0.299. The molecule has 6 nitrogen and oxygen atoms in total. The molecular weight excluding hydrogens is 625 g/mol. The van der Waals surface area contributed by atoms with E-state index >= 15 is 0 Å². The minimum absolute atomic E-state index is 0.299. The Morgan fingerprint density at radius 3 is 2.12 bits per heavy atom. The van der Waals surface area contributed by atoms with Crippen molar-refractivity contribution in [3.63, 3.8) is 0 Å². The summed E-state index contributed by atoms with van der Waals surface area (Å²) in [4.78, 5) is 14.7. The van der Waals surface area contributed by atoms with E-state index in [-0.39, 0.29) is 0 Å². The summed E-state index contributed by atoms with van der Waals surface area (Å²) in [6, 6.07) is 22.7. The largest absolute Gasteiger partial charge is 0.347 e. The van der Waals surface area contributed by atoms with Crippen LogP contribution in [0.25, 0.3) is 27.4 Å². The van der Waals surface area contributed by atoms with Gasteiger partial charge in [-0.25, -0.2) is 0 Å². The molecular formula is C45H52N6. The van der Waals surface area contributed by atoms with E-state index in [1.54, 1.807) is 0 Å². The van der Waals surface area contributed by atoms with Crippen LogP contribution in [0.15, 0.2) is 79.1 Å². The smallest absolute Gasteiger partial charge is 0.0483 e. The fraction of sp³-hybridized carbons (Fsp3) is 0.378. The van der Waals surface area contributed by atoms with E-state index in [0.29, 0.717) is 11.8 Å². The summed E-state index contributed by atoms with van der Waals surface area (Å²) in [6.45, 7) is 13.8. The highest BCUT2D eigenvalue weighted by atomic mass is 15.1. The molecule has 2 unspecified atom stereocenters. The van der Waals surface area contributed by atoms with Gasteiger partial charge in [0.2, 0.25) is 0 Å². The molecule has 0 aliphatic carbocycles. The number of hydrogen-bond donors (Lipinski definition) is 0. The normalized spacial score (nSPS) is 18.5. The van der Waals surface area contributed by atoms with E-state index < -0.39 is 0 Å². The van der Waals surface area contributed by atoms with Crippen molar-refractivity contribution < 1.29 is 0 Å². The van der Waals surface area contributed by atoms with E-state index in [0.717, 1.165) is 57.7 Å². The third-order valence-corrected chi connectivity index (χ3v) is 11.7. The van der Waals surface area contributed by atoms with Gasteiger partial charge in [-0.2, -0.15) is 0 Å². The predicted molar refractivity (Wildman–Crippen MR) is 211 cm³/mol. The van der Waals surface area contributed by atoms with Crippen molar-refractivity contribution in [2.24, 2.45) is 14.1 Å². The van der Waals surface area contributed by atoms with Crippen molar-refractivity contribution in [2.75, 3.05) is 26.7 Å². The lowest BCUT2D eigenvalue weighted by Gasteiger charge is -2.33. The average molecular weight is 677 g/mol. The molecule has 0 spiro atoms. The molecule has 8 rings (SSSR count). The molecule has 2 aliphatic heterocycles. The van der Waals surface area contributed by atoms with Crippen molar-refractivity contribution in [1.82, 2.24) is 28.9 Å². The van der Waals surface area contributed by atoms with Gasteiger partial charge >= 0.3 is 0 Å². The maximum absolute atomic E-state index is 5.01. The molecule has 51 heavy (non-hydrogen) atoms. The second kappa shape index (κ2) is 13.6. The fourth-order valence-electron chi connectivity index (χ4n) is 9.08. The quantitative estimate of drug-likeness (QED) is 0.162. The van der Waals surface area contributed by atoms with E-state index in [1.165, 1.54) is 77.8 Å². The number of allylic oxidation sites excluding steroid dienone is 1. The molecule has 6 aromatic rings. The Morgan fingerprint density at radius 1 is 0.745 bits per heavy atom. The van der Waals surface area contributed by atoms with Gasteiger partial charge in [-0.05, 0) is 112 Å². The van der Waals surface area contributed by atoms with Gasteiger partial charge < -0.3 is 14.0 Å². The molecule has 2 aliphatic rings. The Morgan fingerprint density at radius 2 is 1.45 bits per heavy atom. The number of aryl methyl sites for hydroxylation is 6. The molecule has 262 valence electrons. The van der Waals surface area contributed by atoms with Gasteiger partial charge in [0.25, 0.3) is 0 Å². The summed E-state index contributed by atoms with van der Waals surface area (Å²) in [5.74, 6) is 0.819. The van der Waals surface area contributed by atoms with Crippen LogP contribution in [0.2, 0.25) is 0 Å². The fourth-order valence-corrected chi connectivity index (χ4v) is 9.08. The van der Waals surface area contributed by atoms with Gasteiger partial charge in [0.05, 0.1) is 0 Å². The number of aromatic nitrogens is 4. The van der Waals surface area contributed by atoms with Crippen molar-refractivity contribution in [3.8, 4) is 0 Å². The first-order chi connectivity index (χ1) is 24.6. The molecule has 0 fully saturated rings. The van der Waals surface area contributed by atoms with Crippen LogP contribution in [0, 0.1) is 20.8 Å². The highest BCUT2D eigenvalue weighted by Gasteiger charge is 2.31. The highest BCUT2D eigenvalue weighted by Crippen LogP contribution is 2.39. The van der Waals surface area contributed by atoms with Gasteiger partial charge in [0.15, 0.2) is 0 Å². The first-order valence-corrected chi connectivity index (χ1v) is 18.7. The number of hydrogen-bond acceptors (Lipinski definition) is 4. The summed E-state index contributed by atoms with van der Waals surface area (Å²) < 4.78 is 4.91. The van der Waals surface area contributed by atoms with Gasteiger partial charge in [-0.15, -0.1) is 0 Å². The topological polar surface area (TPSA) is 42.1 Å². The zero-order valence-electron chi connectivity index (χ0n) is 31.5. The van der Waals surface area contributed by atoms with Crippen LogP contribution in [-0.2, 0) is 40.0 Å². The molecule has 0 saturated heterocycles. The van der Waals surface area contributed by atoms with Crippen molar-refractivity contribution in [3.05, 3.63) is 135 Å². The summed E-state index contributed by atoms with van der Waals surface area (Å²) in [5.41, 5.74) is 17.3. The standard InChI is InChI=1S/C45H52N6/c1-29-8-16-42-38(20-29)40-27-48(5)25-35(44(40)49(42)6)14-11-33-12-15-37(47-23-33)18-19-51-26-36(22-31(3)34-13-10-32(4)46-24-34)45-41(28-51)39-21-30(2)9-17-43(39)50(45)7/h8-10,12-13,15-17,20-24,35-36H,11,14,18-19,25-28H2,1-7H3. The van der Waals surface area contributed by atoms with Crippen molar-refractivity contribution in [2.45, 2.75) is 71.9 Å². The number of rotatable bonds is 8. The summed E-state index contributed by atoms with van der Waals surface area (Å²) in [7, 11) is 6.78. The highest BCUT2D eigenvalue weighted by molar-refractivity contribution is 5.88. The molecule has 0 amide bonds. The average Bonchev–Trinajstić information content (AvgIpc) is 3.55. The van der Waals surface area contributed by atoms with Gasteiger partial charge in [0, 0.05) is 122 Å². The van der Waals surface area contributed by atoms with Crippen LogP contribution in [0.4, 0.5) is 0 Å². The van der Waals surface area contributed by atoms with Crippen LogP contribution in [0.3, 0.4) is 0 Å². The number of benzene rings is 2. The Labute approximate surface area is 303 Å². The molecule has 2 aromatic carbocycles. The zero-order chi connectivity index (χ0) is 35.4.